The van der Waals surface area contributed by atoms with Crippen LogP contribution >= 0.6 is 11.8 Å². The summed E-state index contributed by atoms with van der Waals surface area (Å²) in [6.45, 7) is 5.30. The van der Waals surface area contributed by atoms with Gasteiger partial charge < -0.3 is 5.32 Å². The molecule has 0 radical (unpaired) electrons. The van der Waals surface area contributed by atoms with E-state index in [-0.39, 0.29) is 5.82 Å². The zero-order valence-corrected chi connectivity index (χ0v) is 10.1. The van der Waals surface area contributed by atoms with Crippen molar-refractivity contribution in [2.75, 3.05) is 12.3 Å². The van der Waals surface area contributed by atoms with Crippen molar-refractivity contribution >= 4 is 11.8 Å². The Kier molecular flexibility index (Phi) is 5.73. The first-order valence-electron chi connectivity index (χ1n) is 5.30. The van der Waals surface area contributed by atoms with Gasteiger partial charge in [0, 0.05) is 10.9 Å². The van der Waals surface area contributed by atoms with Crippen molar-refractivity contribution in [2.24, 2.45) is 0 Å². The summed E-state index contributed by atoms with van der Waals surface area (Å²) in [4.78, 5) is 1.01. The molecule has 0 unspecified atom stereocenters. The number of nitrogens with one attached hydrogen (secondary N) is 1. The normalized spacial score (nSPS) is 10.9. The van der Waals surface area contributed by atoms with E-state index in [2.05, 4.69) is 19.2 Å². The molecule has 0 aliphatic rings. The second-order valence-corrected chi connectivity index (χ2v) is 4.94. The molecule has 0 fully saturated rings. The van der Waals surface area contributed by atoms with E-state index in [1.165, 1.54) is 6.07 Å². The first-order valence-corrected chi connectivity index (χ1v) is 6.29. The van der Waals surface area contributed by atoms with E-state index in [0.29, 0.717) is 6.04 Å². The van der Waals surface area contributed by atoms with Crippen LogP contribution in [0, 0.1) is 5.82 Å². The molecule has 1 nitrogen and oxygen atoms in total. The number of hydrogen-bond donors (Lipinski definition) is 1. The SMILES string of the molecule is CC(C)NCCCSc1cccc(F)c1. The Morgan fingerprint density at radius 1 is 1.40 bits per heavy atom. The molecular formula is C12H18FNS. The molecule has 1 aromatic rings. The Morgan fingerprint density at radius 3 is 2.87 bits per heavy atom. The van der Waals surface area contributed by atoms with Crippen LogP contribution in [0.1, 0.15) is 20.3 Å². The zero-order chi connectivity index (χ0) is 11.1. The fourth-order valence-electron chi connectivity index (χ4n) is 1.21. The third-order valence-electron chi connectivity index (χ3n) is 1.94. The molecule has 0 saturated heterocycles. The molecule has 15 heavy (non-hydrogen) atoms. The van der Waals surface area contributed by atoms with Gasteiger partial charge in [0.2, 0.25) is 0 Å². The highest BCUT2D eigenvalue weighted by molar-refractivity contribution is 7.99. The topological polar surface area (TPSA) is 12.0 Å². The molecule has 0 amide bonds. The Hall–Kier alpha value is -0.540. The first kappa shape index (κ1) is 12.5. The third-order valence-corrected chi connectivity index (χ3v) is 3.02. The summed E-state index contributed by atoms with van der Waals surface area (Å²) in [5, 5.41) is 3.36. The van der Waals surface area contributed by atoms with E-state index in [9.17, 15) is 4.39 Å². The molecule has 0 atom stereocenters. The molecule has 1 aromatic carbocycles. The van der Waals surface area contributed by atoms with Gasteiger partial charge in [-0.2, -0.15) is 0 Å². The molecule has 0 heterocycles. The Labute approximate surface area is 95.5 Å². The molecule has 0 aliphatic carbocycles. The highest BCUT2D eigenvalue weighted by atomic mass is 32.2. The lowest BCUT2D eigenvalue weighted by atomic mass is 10.3. The zero-order valence-electron chi connectivity index (χ0n) is 9.29. The fraction of sp³-hybridized carbons (Fsp3) is 0.500. The van der Waals surface area contributed by atoms with Crippen LogP contribution in [-0.2, 0) is 0 Å². The molecule has 0 bridgehead atoms. The minimum absolute atomic E-state index is 0.152. The summed E-state index contributed by atoms with van der Waals surface area (Å²) >= 11 is 1.71. The number of halogens is 1. The van der Waals surface area contributed by atoms with Gasteiger partial charge in [0.05, 0.1) is 0 Å². The monoisotopic (exact) mass is 227 g/mol. The molecule has 3 heteroatoms. The molecular weight excluding hydrogens is 209 g/mol. The van der Waals surface area contributed by atoms with E-state index in [1.54, 1.807) is 23.9 Å². The maximum absolute atomic E-state index is 12.8. The van der Waals surface area contributed by atoms with Crippen LogP contribution in [0.5, 0.6) is 0 Å². The maximum atomic E-state index is 12.8. The van der Waals surface area contributed by atoms with Gasteiger partial charge in [0.25, 0.3) is 0 Å². The highest BCUT2D eigenvalue weighted by Gasteiger charge is 1.96. The fourth-order valence-corrected chi connectivity index (χ4v) is 2.10. The molecule has 1 N–H and O–H groups in total. The first-order chi connectivity index (χ1) is 7.18. The van der Waals surface area contributed by atoms with E-state index in [1.807, 2.05) is 6.07 Å². The van der Waals surface area contributed by atoms with Gasteiger partial charge in [0.1, 0.15) is 5.82 Å². The summed E-state index contributed by atoms with van der Waals surface area (Å²) in [7, 11) is 0. The van der Waals surface area contributed by atoms with Crippen LogP contribution < -0.4 is 5.32 Å². The van der Waals surface area contributed by atoms with Gasteiger partial charge in [0.15, 0.2) is 0 Å². The summed E-state index contributed by atoms with van der Waals surface area (Å²) in [6, 6.07) is 7.31. The average Bonchev–Trinajstić information content (AvgIpc) is 2.17. The summed E-state index contributed by atoms with van der Waals surface area (Å²) in [5.41, 5.74) is 0. The average molecular weight is 227 g/mol. The largest absolute Gasteiger partial charge is 0.315 e. The summed E-state index contributed by atoms with van der Waals surface area (Å²) < 4.78 is 12.8. The van der Waals surface area contributed by atoms with Crippen molar-refractivity contribution < 1.29 is 4.39 Å². The molecule has 0 aromatic heterocycles. The van der Waals surface area contributed by atoms with Gasteiger partial charge in [-0.1, -0.05) is 19.9 Å². The smallest absolute Gasteiger partial charge is 0.124 e. The van der Waals surface area contributed by atoms with Crippen molar-refractivity contribution in [3.63, 3.8) is 0 Å². The van der Waals surface area contributed by atoms with Crippen molar-refractivity contribution in [1.29, 1.82) is 0 Å². The van der Waals surface area contributed by atoms with E-state index >= 15 is 0 Å². The minimum atomic E-state index is -0.152. The second kappa shape index (κ2) is 6.85. The van der Waals surface area contributed by atoms with Gasteiger partial charge >= 0.3 is 0 Å². The molecule has 0 spiro atoms. The van der Waals surface area contributed by atoms with Crippen LogP contribution in [0.3, 0.4) is 0 Å². The van der Waals surface area contributed by atoms with E-state index in [4.69, 9.17) is 0 Å². The van der Waals surface area contributed by atoms with Gasteiger partial charge in [-0.05, 0) is 36.9 Å². The second-order valence-electron chi connectivity index (χ2n) is 3.77. The van der Waals surface area contributed by atoms with Crippen LogP contribution in [-0.4, -0.2) is 18.3 Å². The van der Waals surface area contributed by atoms with Crippen molar-refractivity contribution in [1.82, 2.24) is 5.32 Å². The lowest BCUT2D eigenvalue weighted by molar-refractivity contribution is 0.586. The number of thioether (sulfide) groups is 1. The molecule has 0 saturated carbocycles. The molecule has 84 valence electrons. The lowest BCUT2D eigenvalue weighted by Crippen LogP contribution is -2.23. The summed E-state index contributed by atoms with van der Waals surface area (Å²) in [6.07, 6.45) is 1.11. The number of rotatable bonds is 6. The number of benzene rings is 1. The van der Waals surface area contributed by atoms with Crippen LogP contribution in [0.25, 0.3) is 0 Å². The predicted molar refractivity (Wildman–Crippen MR) is 64.9 cm³/mol. The van der Waals surface area contributed by atoms with E-state index in [0.717, 1.165) is 23.6 Å². The molecule has 1 rings (SSSR count). The maximum Gasteiger partial charge on any atom is 0.124 e. The van der Waals surface area contributed by atoms with E-state index < -0.39 is 0 Å². The van der Waals surface area contributed by atoms with Crippen molar-refractivity contribution in [3.8, 4) is 0 Å². The van der Waals surface area contributed by atoms with Crippen molar-refractivity contribution in [3.05, 3.63) is 30.1 Å². The van der Waals surface area contributed by atoms with Crippen LogP contribution in [0.15, 0.2) is 29.2 Å². The Bertz CT molecular complexity index is 289. The van der Waals surface area contributed by atoms with Gasteiger partial charge in [-0.3, -0.25) is 0 Å². The Balaban J connectivity index is 2.15. The quantitative estimate of drug-likeness (QED) is 0.591. The third kappa shape index (κ3) is 5.80. The summed E-state index contributed by atoms with van der Waals surface area (Å²) in [5.74, 6) is 0.878. The lowest BCUT2D eigenvalue weighted by Gasteiger charge is -2.07. The van der Waals surface area contributed by atoms with Gasteiger partial charge in [-0.15, -0.1) is 11.8 Å². The van der Waals surface area contributed by atoms with Crippen LogP contribution in [0.2, 0.25) is 0 Å². The predicted octanol–water partition coefficient (Wildman–Crippen LogP) is 3.31. The van der Waals surface area contributed by atoms with Crippen molar-refractivity contribution in [2.45, 2.75) is 31.2 Å². The molecule has 0 aliphatic heterocycles. The Morgan fingerprint density at radius 2 is 2.20 bits per heavy atom. The standard InChI is InChI=1S/C12H18FNS/c1-10(2)14-7-4-8-15-12-6-3-5-11(13)9-12/h3,5-6,9-10,14H,4,7-8H2,1-2H3. The highest BCUT2D eigenvalue weighted by Crippen LogP contribution is 2.18. The minimum Gasteiger partial charge on any atom is -0.315 e. The van der Waals surface area contributed by atoms with Crippen LogP contribution in [0.4, 0.5) is 4.39 Å². The van der Waals surface area contributed by atoms with Gasteiger partial charge in [-0.25, -0.2) is 4.39 Å². The number of hydrogen-bond acceptors (Lipinski definition) is 2.